The standard InChI is InChI=1S/C29H60N4O4/c1-11-24(25(35)21-34)33-18-16-30(20-26(36)37-29(8,9)10)12-13-31(22-27(2,3)4)14-15-32(17-19-33)23-28(5,6)7/h24-25,34-35H,11-23H2,1-10H3. The fourth-order valence-electron chi connectivity index (χ4n) is 5.15. The van der Waals surface area contributed by atoms with Crippen molar-refractivity contribution in [3.8, 4) is 0 Å². The van der Waals surface area contributed by atoms with Crippen LogP contribution in [-0.4, -0.2) is 132 Å². The van der Waals surface area contributed by atoms with Gasteiger partial charge < -0.3 is 24.7 Å². The first-order valence-electron chi connectivity index (χ1n) is 14.3. The number of aliphatic hydroxyl groups is 2. The van der Waals surface area contributed by atoms with Gasteiger partial charge in [-0.25, -0.2) is 0 Å². The second-order valence-corrected chi connectivity index (χ2v) is 14.3. The van der Waals surface area contributed by atoms with Crippen LogP contribution in [0, 0.1) is 10.8 Å². The fourth-order valence-corrected chi connectivity index (χ4v) is 5.15. The molecule has 0 bridgehead atoms. The summed E-state index contributed by atoms with van der Waals surface area (Å²) in [5.41, 5.74) is -0.133. The van der Waals surface area contributed by atoms with Crippen LogP contribution in [0.2, 0.25) is 0 Å². The third kappa shape index (κ3) is 15.4. The molecule has 1 saturated heterocycles. The monoisotopic (exact) mass is 528 g/mol. The van der Waals surface area contributed by atoms with Crippen LogP contribution in [0.3, 0.4) is 0 Å². The van der Waals surface area contributed by atoms with Crippen molar-refractivity contribution >= 4 is 5.97 Å². The van der Waals surface area contributed by atoms with E-state index in [2.05, 4.69) is 68.1 Å². The second kappa shape index (κ2) is 15.1. The lowest BCUT2D eigenvalue weighted by atomic mass is 9.95. The van der Waals surface area contributed by atoms with Gasteiger partial charge in [-0.05, 0) is 38.0 Å². The highest BCUT2D eigenvalue weighted by atomic mass is 16.6. The first-order valence-corrected chi connectivity index (χ1v) is 14.3. The van der Waals surface area contributed by atoms with Crippen LogP contribution >= 0.6 is 0 Å². The van der Waals surface area contributed by atoms with Crippen LogP contribution in [0.15, 0.2) is 0 Å². The smallest absolute Gasteiger partial charge is 0.320 e. The molecule has 0 aromatic heterocycles. The molecule has 1 fully saturated rings. The van der Waals surface area contributed by atoms with Crippen LogP contribution in [0.25, 0.3) is 0 Å². The third-order valence-electron chi connectivity index (χ3n) is 6.56. The molecule has 8 heteroatoms. The summed E-state index contributed by atoms with van der Waals surface area (Å²) in [7, 11) is 0. The molecule has 8 nitrogen and oxygen atoms in total. The topological polar surface area (TPSA) is 79.7 Å². The SMILES string of the molecule is CCC(C(O)CO)N1CCN(CC(=O)OC(C)(C)C)CCN(CC(C)(C)C)CCN(CC(C)(C)C)CC1. The Labute approximate surface area is 228 Å². The maximum absolute atomic E-state index is 12.7. The number of aliphatic hydroxyl groups excluding tert-OH is 2. The maximum atomic E-state index is 12.7. The molecule has 37 heavy (non-hydrogen) atoms. The fraction of sp³-hybridized carbons (Fsp3) is 0.966. The molecule has 1 aliphatic rings. The molecule has 220 valence electrons. The summed E-state index contributed by atoms with van der Waals surface area (Å²) < 4.78 is 5.64. The van der Waals surface area contributed by atoms with Crippen molar-refractivity contribution in [1.29, 1.82) is 0 Å². The number of carbonyl (C=O) groups excluding carboxylic acids is 1. The minimum Gasteiger partial charge on any atom is -0.459 e. The van der Waals surface area contributed by atoms with E-state index in [0.29, 0.717) is 6.54 Å². The Morgan fingerprint density at radius 1 is 0.757 bits per heavy atom. The molecular weight excluding hydrogens is 468 g/mol. The number of rotatable bonds is 8. The molecule has 0 aromatic rings. The number of hydrogen-bond acceptors (Lipinski definition) is 8. The minimum absolute atomic E-state index is 0.120. The number of nitrogens with zero attached hydrogens (tertiary/aromatic N) is 4. The van der Waals surface area contributed by atoms with E-state index in [1.807, 2.05) is 20.8 Å². The van der Waals surface area contributed by atoms with Gasteiger partial charge in [-0.2, -0.15) is 0 Å². The van der Waals surface area contributed by atoms with Crippen molar-refractivity contribution in [2.24, 2.45) is 10.8 Å². The summed E-state index contributed by atoms with van der Waals surface area (Å²) in [6, 6.07) is -0.120. The molecule has 0 saturated carbocycles. The number of hydrogen-bond donors (Lipinski definition) is 2. The molecular formula is C29H60N4O4. The van der Waals surface area contributed by atoms with Crippen molar-refractivity contribution in [3.63, 3.8) is 0 Å². The van der Waals surface area contributed by atoms with Gasteiger partial charge in [0.15, 0.2) is 0 Å². The average Bonchev–Trinajstić information content (AvgIpc) is 2.72. The van der Waals surface area contributed by atoms with Gasteiger partial charge in [0.1, 0.15) is 5.60 Å². The van der Waals surface area contributed by atoms with Crippen LogP contribution in [0.4, 0.5) is 0 Å². The summed E-state index contributed by atoms with van der Waals surface area (Å²) in [5.74, 6) is -0.202. The molecule has 1 heterocycles. The van der Waals surface area contributed by atoms with E-state index in [0.717, 1.165) is 65.3 Å². The Balaban J connectivity index is 3.19. The Morgan fingerprint density at radius 2 is 1.16 bits per heavy atom. The highest BCUT2D eigenvalue weighted by molar-refractivity contribution is 5.72. The van der Waals surface area contributed by atoms with Gasteiger partial charge in [0.05, 0.1) is 19.3 Å². The zero-order valence-electron chi connectivity index (χ0n) is 25.8. The summed E-state index contributed by atoms with van der Waals surface area (Å²) >= 11 is 0. The van der Waals surface area contributed by atoms with Crippen molar-refractivity contribution in [2.75, 3.05) is 78.6 Å². The molecule has 1 rings (SSSR count). The van der Waals surface area contributed by atoms with E-state index < -0.39 is 11.7 Å². The zero-order valence-corrected chi connectivity index (χ0v) is 25.8. The molecule has 0 spiro atoms. The molecule has 1 aliphatic heterocycles. The Morgan fingerprint density at radius 3 is 1.54 bits per heavy atom. The minimum atomic E-state index is -0.782. The van der Waals surface area contributed by atoms with Crippen molar-refractivity contribution in [1.82, 2.24) is 19.6 Å². The predicted octanol–water partition coefficient (Wildman–Crippen LogP) is 2.77. The summed E-state index contributed by atoms with van der Waals surface area (Å²) in [6.45, 7) is 30.3. The summed E-state index contributed by atoms with van der Waals surface area (Å²) in [5, 5.41) is 20.3. The number of esters is 1. The zero-order chi connectivity index (χ0) is 28.4. The van der Waals surface area contributed by atoms with Crippen molar-refractivity contribution in [2.45, 2.75) is 93.4 Å². The van der Waals surface area contributed by atoms with E-state index in [4.69, 9.17) is 4.74 Å². The largest absolute Gasteiger partial charge is 0.459 e. The van der Waals surface area contributed by atoms with Crippen LogP contribution in [0.5, 0.6) is 0 Å². The second-order valence-electron chi connectivity index (χ2n) is 14.3. The van der Waals surface area contributed by atoms with Gasteiger partial charge in [0.2, 0.25) is 0 Å². The van der Waals surface area contributed by atoms with Gasteiger partial charge in [-0.1, -0.05) is 48.5 Å². The van der Waals surface area contributed by atoms with Gasteiger partial charge in [0, 0.05) is 71.5 Å². The quantitative estimate of drug-likeness (QED) is 0.466. The van der Waals surface area contributed by atoms with Crippen LogP contribution < -0.4 is 0 Å². The summed E-state index contributed by atoms with van der Waals surface area (Å²) in [4.78, 5) is 22.4. The summed E-state index contributed by atoms with van der Waals surface area (Å²) in [6.07, 6.45) is -0.0255. The lowest BCUT2D eigenvalue weighted by molar-refractivity contribution is -0.156. The first kappa shape index (κ1) is 34.3. The van der Waals surface area contributed by atoms with Crippen LogP contribution in [0.1, 0.15) is 75.7 Å². The number of carbonyl (C=O) groups is 1. The molecule has 2 unspecified atom stereocenters. The normalized spacial score (nSPS) is 21.2. The highest BCUT2D eigenvalue weighted by Gasteiger charge is 2.28. The lowest BCUT2D eigenvalue weighted by Crippen LogP contribution is -2.53. The first-order chi connectivity index (χ1) is 16.9. The Hall–Kier alpha value is -0.770. The lowest BCUT2D eigenvalue weighted by Gasteiger charge is -2.40. The van der Waals surface area contributed by atoms with Gasteiger partial charge in [-0.15, -0.1) is 0 Å². The van der Waals surface area contributed by atoms with Crippen LogP contribution in [-0.2, 0) is 9.53 Å². The average molecular weight is 529 g/mol. The number of ether oxygens (including phenoxy) is 1. The van der Waals surface area contributed by atoms with Gasteiger partial charge >= 0.3 is 5.97 Å². The van der Waals surface area contributed by atoms with E-state index >= 15 is 0 Å². The van der Waals surface area contributed by atoms with E-state index in [9.17, 15) is 15.0 Å². The van der Waals surface area contributed by atoms with E-state index in [1.54, 1.807) is 0 Å². The maximum Gasteiger partial charge on any atom is 0.320 e. The van der Waals surface area contributed by atoms with Crippen molar-refractivity contribution in [3.05, 3.63) is 0 Å². The third-order valence-corrected chi connectivity index (χ3v) is 6.56. The van der Waals surface area contributed by atoms with Crippen molar-refractivity contribution < 1.29 is 19.7 Å². The molecule has 0 radical (unpaired) electrons. The highest BCUT2D eigenvalue weighted by Crippen LogP contribution is 2.19. The Bertz CT molecular complexity index is 654. The van der Waals surface area contributed by atoms with E-state index in [-0.39, 0.29) is 36.0 Å². The van der Waals surface area contributed by atoms with Gasteiger partial charge in [-0.3, -0.25) is 14.6 Å². The van der Waals surface area contributed by atoms with E-state index in [1.165, 1.54) is 0 Å². The molecule has 0 amide bonds. The Kier molecular flexibility index (Phi) is 14.0. The molecule has 2 atom stereocenters. The molecule has 2 N–H and O–H groups in total. The molecule has 0 aliphatic carbocycles. The predicted molar refractivity (Wildman–Crippen MR) is 153 cm³/mol. The molecule has 0 aromatic carbocycles. The van der Waals surface area contributed by atoms with Gasteiger partial charge in [0.25, 0.3) is 0 Å².